The molecule has 0 atom stereocenters. The molecular formula is CH4NV2-. The topological polar surface area (TPSA) is 23.8 Å². The van der Waals surface area contributed by atoms with Gasteiger partial charge in [0, 0.05) is 37.1 Å². The third-order valence-corrected chi connectivity index (χ3v) is 0. The summed E-state index contributed by atoms with van der Waals surface area (Å²) in [4.78, 5) is 0. The van der Waals surface area contributed by atoms with Crippen molar-refractivity contribution >= 4 is 0 Å². The van der Waals surface area contributed by atoms with Gasteiger partial charge in [-0.25, -0.2) is 0 Å². The summed E-state index contributed by atoms with van der Waals surface area (Å²) in [5.41, 5.74) is 5.75. The molecule has 2 radical (unpaired) electrons. The Hall–Kier alpha value is 1.13. The minimum Gasteiger partial charge on any atom is -0.680 e. The fourth-order valence-corrected chi connectivity index (χ4v) is 0. The molecule has 0 aromatic carbocycles. The van der Waals surface area contributed by atoms with Crippen LogP contribution in [-0.4, -0.2) is 7.05 Å². The Balaban J connectivity index is -0.00000000500. The summed E-state index contributed by atoms with van der Waals surface area (Å²) in [6, 6.07) is 0. The summed E-state index contributed by atoms with van der Waals surface area (Å²) in [5.74, 6) is 0. The van der Waals surface area contributed by atoms with Gasteiger partial charge in [-0.2, -0.15) is 7.05 Å². The van der Waals surface area contributed by atoms with Crippen LogP contribution in [0.2, 0.25) is 0 Å². The molecule has 0 aliphatic heterocycles. The van der Waals surface area contributed by atoms with Gasteiger partial charge < -0.3 is 5.73 Å². The third kappa shape index (κ3) is 11.1. The van der Waals surface area contributed by atoms with E-state index in [1.807, 2.05) is 0 Å². The van der Waals surface area contributed by atoms with Crippen molar-refractivity contribution in [3.8, 4) is 0 Å². The van der Waals surface area contributed by atoms with Crippen LogP contribution in [0, 0.1) is 0 Å². The Kier molecular flexibility index (Phi) is 153. The van der Waals surface area contributed by atoms with Gasteiger partial charge in [-0.1, -0.05) is 0 Å². The molecule has 4 heavy (non-hydrogen) atoms. The summed E-state index contributed by atoms with van der Waals surface area (Å²) in [7, 11) is 1.25. The van der Waals surface area contributed by atoms with Crippen LogP contribution in [0.25, 0.3) is 5.73 Å². The van der Waals surface area contributed by atoms with Gasteiger partial charge in [-0.3, -0.25) is 0 Å². The maximum Gasteiger partial charge on any atom is 0 e. The molecule has 0 fully saturated rings. The van der Waals surface area contributed by atoms with Gasteiger partial charge in [-0.05, 0) is 0 Å². The monoisotopic (exact) mass is 132 g/mol. The number of rotatable bonds is 0. The van der Waals surface area contributed by atoms with Crippen LogP contribution in [0.3, 0.4) is 0 Å². The van der Waals surface area contributed by atoms with Gasteiger partial charge in [0.25, 0.3) is 0 Å². The van der Waals surface area contributed by atoms with Gasteiger partial charge in [0.15, 0.2) is 0 Å². The molecule has 0 aliphatic carbocycles. The van der Waals surface area contributed by atoms with E-state index in [0.717, 1.165) is 0 Å². The maximum atomic E-state index is 5.75. The molecule has 1 nitrogen and oxygen atoms in total. The zero-order chi connectivity index (χ0) is 2.00. The fourth-order valence-electron chi connectivity index (χ4n) is 0. The average molecular weight is 132 g/mol. The maximum absolute atomic E-state index is 5.75. The first-order chi connectivity index (χ1) is 1.00. The van der Waals surface area contributed by atoms with Crippen LogP contribution in [-0.2, 0) is 37.1 Å². The predicted octanol–water partition coefficient (Wildman–Crippen LogP) is 0.663. The van der Waals surface area contributed by atoms with Crippen LogP contribution < -0.4 is 0 Å². The minimum atomic E-state index is 0. The Bertz CT molecular complexity index is 6.00. The van der Waals surface area contributed by atoms with Gasteiger partial charge in [0.1, 0.15) is 0 Å². The number of nitrogens with one attached hydrogen (secondary N) is 1. The average Bonchev–Trinajstić information content (AvgIpc) is 1.00. The zero-order valence-corrected chi connectivity index (χ0v) is 5.19. The Labute approximate surface area is 50.1 Å². The Morgan fingerprint density at radius 1 is 1.00 bits per heavy atom. The molecule has 0 rings (SSSR count). The molecule has 24 valence electrons. The van der Waals surface area contributed by atoms with Crippen molar-refractivity contribution in [2.75, 3.05) is 7.05 Å². The van der Waals surface area contributed by atoms with E-state index in [1.54, 1.807) is 0 Å². The number of hydrogen-bond acceptors (Lipinski definition) is 0. The molecule has 0 aliphatic rings. The molecule has 3 heteroatoms. The SMILES string of the molecule is C[NH-].[V].[V]. The minimum absolute atomic E-state index is 0. The van der Waals surface area contributed by atoms with Crippen molar-refractivity contribution in [1.82, 2.24) is 0 Å². The molecule has 0 unspecified atom stereocenters. The second-order valence-electron chi connectivity index (χ2n) is 0. The Morgan fingerprint density at radius 2 is 1.00 bits per heavy atom. The molecule has 0 saturated carbocycles. The quantitative estimate of drug-likeness (QED) is 0.462. The first-order valence-corrected chi connectivity index (χ1v) is 0.500. The number of hydrogen-bond donors (Lipinski definition) is 0. The van der Waals surface area contributed by atoms with Crippen LogP contribution in [0.15, 0.2) is 0 Å². The van der Waals surface area contributed by atoms with Crippen molar-refractivity contribution in [3.63, 3.8) is 0 Å². The van der Waals surface area contributed by atoms with Crippen molar-refractivity contribution in [2.45, 2.75) is 0 Å². The van der Waals surface area contributed by atoms with E-state index in [4.69, 9.17) is 5.73 Å². The van der Waals surface area contributed by atoms with E-state index >= 15 is 0 Å². The fraction of sp³-hybridized carbons (Fsp3) is 1.00. The van der Waals surface area contributed by atoms with E-state index in [1.165, 1.54) is 7.05 Å². The summed E-state index contributed by atoms with van der Waals surface area (Å²) < 4.78 is 0. The smallest absolute Gasteiger partial charge is 0 e. The van der Waals surface area contributed by atoms with Crippen molar-refractivity contribution in [3.05, 3.63) is 5.73 Å². The largest absolute Gasteiger partial charge is 0.680 e. The third-order valence-electron chi connectivity index (χ3n) is 0. The summed E-state index contributed by atoms with van der Waals surface area (Å²) >= 11 is 0. The zero-order valence-electron chi connectivity index (χ0n) is 2.39. The Morgan fingerprint density at radius 3 is 1.00 bits per heavy atom. The normalized spacial score (nSPS) is 1.50. The standard InChI is InChI=1S/CH4N.2V/c1-2;;/h2H,1H3;;/q-1;;. The molecular weight excluding hydrogens is 128 g/mol. The van der Waals surface area contributed by atoms with Gasteiger partial charge in [0.05, 0.1) is 0 Å². The molecule has 0 heterocycles. The molecule has 0 spiro atoms. The van der Waals surface area contributed by atoms with E-state index in [0.29, 0.717) is 0 Å². The van der Waals surface area contributed by atoms with Crippen LogP contribution in [0.5, 0.6) is 0 Å². The van der Waals surface area contributed by atoms with E-state index in [9.17, 15) is 0 Å². The van der Waals surface area contributed by atoms with Crippen molar-refractivity contribution in [2.24, 2.45) is 0 Å². The van der Waals surface area contributed by atoms with Gasteiger partial charge in [0.2, 0.25) is 0 Å². The van der Waals surface area contributed by atoms with Crippen LogP contribution >= 0.6 is 0 Å². The van der Waals surface area contributed by atoms with Gasteiger partial charge in [-0.15, -0.1) is 0 Å². The van der Waals surface area contributed by atoms with E-state index in [2.05, 4.69) is 0 Å². The summed E-state index contributed by atoms with van der Waals surface area (Å²) in [5, 5.41) is 0. The summed E-state index contributed by atoms with van der Waals surface area (Å²) in [6.07, 6.45) is 0. The van der Waals surface area contributed by atoms with Crippen LogP contribution in [0.1, 0.15) is 0 Å². The second-order valence-corrected chi connectivity index (χ2v) is 0. The van der Waals surface area contributed by atoms with Crippen LogP contribution in [0.4, 0.5) is 0 Å². The molecule has 0 saturated heterocycles. The first kappa shape index (κ1) is 19.3. The molecule has 0 aromatic heterocycles. The van der Waals surface area contributed by atoms with Crippen molar-refractivity contribution < 1.29 is 37.1 Å². The van der Waals surface area contributed by atoms with Gasteiger partial charge >= 0.3 is 0 Å². The molecule has 0 amide bonds. The molecule has 1 N–H and O–H groups in total. The van der Waals surface area contributed by atoms with E-state index < -0.39 is 0 Å². The first-order valence-electron chi connectivity index (χ1n) is 0.500. The molecule has 0 aromatic rings. The molecule has 0 bridgehead atoms. The second kappa shape index (κ2) is 31.7. The van der Waals surface area contributed by atoms with Crippen molar-refractivity contribution in [1.29, 1.82) is 0 Å². The summed E-state index contributed by atoms with van der Waals surface area (Å²) in [6.45, 7) is 0. The van der Waals surface area contributed by atoms with E-state index in [-0.39, 0.29) is 37.1 Å². The predicted molar refractivity (Wildman–Crippen MR) is 10.2 cm³/mol.